The number of hydrogen-bond donors (Lipinski definition) is 2. The fourth-order valence-electron chi connectivity index (χ4n) is 1.85. The van der Waals surface area contributed by atoms with Crippen LogP contribution < -0.4 is 5.32 Å². The number of nitrogens with one attached hydrogen (secondary N) is 1. The van der Waals surface area contributed by atoms with E-state index >= 15 is 0 Å². The van der Waals surface area contributed by atoms with E-state index in [1.54, 1.807) is 0 Å². The van der Waals surface area contributed by atoms with Crippen LogP contribution in [0.2, 0.25) is 0 Å². The summed E-state index contributed by atoms with van der Waals surface area (Å²) in [5.41, 5.74) is 2.65. The van der Waals surface area contributed by atoms with Gasteiger partial charge in [-0.25, -0.2) is 0 Å². The zero-order chi connectivity index (χ0) is 13.4. The maximum Gasteiger partial charge on any atom is 0.220 e. The highest BCUT2D eigenvalue weighted by atomic mass is 32.1. The van der Waals surface area contributed by atoms with Gasteiger partial charge in [-0.15, -0.1) is 0 Å². The van der Waals surface area contributed by atoms with Crippen LogP contribution in [-0.4, -0.2) is 18.2 Å². The second-order valence-corrected chi connectivity index (χ2v) is 5.44. The molecular formula is C15H23NOS. The van der Waals surface area contributed by atoms with Crippen LogP contribution in [0.5, 0.6) is 0 Å². The molecule has 100 valence electrons. The molecule has 0 heterocycles. The first-order chi connectivity index (χ1) is 8.61. The summed E-state index contributed by atoms with van der Waals surface area (Å²) >= 11 is 4.03. The van der Waals surface area contributed by atoms with Crippen molar-refractivity contribution in [3.63, 3.8) is 0 Å². The van der Waals surface area contributed by atoms with E-state index in [2.05, 4.69) is 56.1 Å². The second kappa shape index (κ2) is 8.20. The van der Waals surface area contributed by atoms with Crippen molar-refractivity contribution in [3.05, 3.63) is 35.4 Å². The molecule has 18 heavy (non-hydrogen) atoms. The third kappa shape index (κ3) is 6.10. The molecule has 3 heteroatoms. The van der Waals surface area contributed by atoms with Crippen LogP contribution in [0.3, 0.4) is 0 Å². The largest absolute Gasteiger partial charge is 0.356 e. The van der Waals surface area contributed by atoms with Crippen LogP contribution in [-0.2, 0) is 17.6 Å². The lowest BCUT2D eigenvalue weighted by molar-refractivity contribution is -0.120. The molecule has 0 aliphatic rings. The molecule has 1 aromatic rings. The van der Waals surface area contributed by atoms with Crippen molar-refractivity contribution < 1.29 is 4.79 Å². The highest BCUT2D eigenvalue weighted by Crippen LogP contribution is 2.10. The Labute approximate surface area is 116 Å². The van der Waals surface area contributed by atoms with Gasteiger partial charge in [0.25, 0.3) is 0 Å². The fourth-order valence-corrected chi connectivity index (χ4v) is 2.05. The van der Waals surface area contributed by atoms with Gasteiger partial charge >= 0.3 is 0 Å². The quantitative estimate of drug-likeness (QED) is 0.729. The smallest absolute Gasteiger partial charge is 0.220 e. The minimum Gasteiger partial charge on any atom is -0.356 e. The third-order valence-corrected chi connectivity index (χ3v) is 2.97. The van der Waals surface area contributed by atoms with Crippen molar-refractivity contribution in [1.82, 2.24) is 5.32 Å². The minimum atomic E-state index is 0.0847. The number of carbonyl (C=O) groups excluding carboxylic acids is 1. The molecule has 1 amide bonds. The van der Waals surface area contributed by atoms with E-state index in [9.17, 15) is 4.79 Å². The summed E-state index contributed by atoms with van der Waals surface area (Å²) in [5, 5.41) is 2.89. The van der Waals surface area contributed by atoms with E-state index in [4.69, 9.17) is 0 Å². The number of hydrogen-bond acceptors (Lipinski definition) is 2. The van der Waals surface area contributed by atoms with Gasteiger partial charge in [0.15, 0.2) is 0 Å². The molecule has 1 N–H and O–H groups in total. The van der Waals surface area contributed by atoms with Crippen molar-refractivity contribution in [1.29, 1.82) is 0 Å². The van der Waals surface area contributed by atoms with Gasteiger partial charge < -0.3 is 5.32 Å². The maximum atomic E-state index is 11.2. The van der Waals surface area contributed by atoms with E-state index in [0.717, 1.165) is 12.8 Å². The van der Waals surface area contributed by atoms with Gasteiger partial charge in [-0.3, -0.25) is 4.79 Å². The summed E-state index contributed by atoms with van der Waals surface area (Å²) < 4.78 is 0. The highest BCUT2D eigenvalue weighted by molar-refractivity contribution is 7.80. The van der Waals surface area contributed by atoms with Crippen molar-refractivity contribution in [2.45, 2.75) is 33.1 Å². The number of thiol groups is 1. The third-order valence-electron chi connectivity index (χ3n) is 2.74. The first-order valence-electron chi connectivity index (χ1n) is 6.57. The molecule has 1 aromatic carbocycles. The number of amides is 1. The van der Waals surface area contributed by atoms with Crippen LogP contribution in [0.25, 0.3) is 0 Å². The molecule has 0 aromatic heterocycles. The molecule has 0 bridgehead atoms. The molecule has 0 aliphatic heterocycles. The van der Waals surface area contributed by atoms with Crippen molar-refractivity contribution in [2.24, 2.45) is 5.92 Å². The van der Waals surface area contributed by atoms with Gasteiger partial charge in [0.1, 0.15) is 0 Å². The van der Waals surface area contributed by atoms with E-state index in [0.29, 0.717) is 24.6 Å². The van der Waals surface area contributed by atoms with Crippen LogP contribution in [0, 0.1) is 5.92 Å². The minimum absolute atomic E-state index is 0.0847. The van der Waals surface area contributed by atoms with Gasteiger partial charge in [-0.2, -0.15) is 12.6 Å². The summed E-state index contributed by atoms with van der Waals surface area (Å²) in [5.74, 6) is 1.38. The summed E-state index contributed by atoms with van der Waals surface area (Å²) in [4.78, 5) is 11.2. The first-order valence-corrected chi connectivity index (χ1v) is 7.20. The predicted octanol–water partition coefficient (Wildman–Crippen LogP) is 2.86. The second-order valence-electron chi connectivity index (χ2n) is 4.99. The van der Waals surface area contributed by atoms with Gasteiger partial charge in [-0.1, -0.05) is 38.1 Å². The summed E-state index contributed by atoms with van der Waals surface area (Å²) in [6, 6.07) is 8.68. The SMILES string of the molecule is CC(C)Cc1ccc(CCNC(=O)CCS)cc1. The lowest BCUT2D eigenvalue weighted by atomic mass is 10.0. The predicted molar refractivity (Wildman–Crippen MR) is 80.2 cm³/mol. The topological polar surface area (TPSA) is 29.1 Å². The van der Waals surface area contributed by atoms with Crippen LogP contribution in [0.15, 0.2) is 24.3 Å². The van der Waals surface area contributed by atoms with Gasteiger partial charge in [-0.05, 0) is 35.6 Å². The van der Waals surface area contributed by atoms with Crippen molar-refractivity contribution in [2.75, 3.05) is 12.3 Å². The fraction of sp³-hybridized carbons (Fsp3) is 0.533. The van der Waals surface area contributed by atoms with Crippen LogP contribution in [0.4, 0.5) is 0 Å². The Balaban J connectivity index is 2.33. The molecule has 0 radical (unpaired) electrons. The van der Waals surface area contributed by atoms with Gasteiger partial charge in [0.05, 0.1) is 0 Å². The lowest BCUT2D eigenvalue weighted by Gasteiger charge is -2.07. The van der Waals surface area contributed by atoms with Crippen LogP contribution in [0.1, 0.15) is 31.4 Å². The van der Waals surface area contributed by atoms with Gasteiger partial charge in [0.2, 0.25) is 5.91 Å². The maximum absolute atomic E-state index is 11.2. The molecule has 0 saturated heterocycles. The Kier molecular flexibility index (Phi) is 6.88. The molecule has 0 spiro atoms. The van der Waals surface area contributed by atoms with E-state index < -0.39 is 0 Å². The Hall–Kier alpha value is -0.960. The molecule has 0 saturated carbocycles. The zero-order valence-electron chi connectivity index (χ0n) is 11.3. The Bertz CT molecular complexity index is 359. The number of carbonyl (C=O) groups is 1. The molecule has 0 aliphatic carbocycles. The summed E-state index contributed by atoms with van der Waals surface area (Å²) in [6.07, 6.45) is 2.51. The normalized spacial score (nSPS) is 10.7. The molecule has 0 fully saturated rings. The highest BCUT2D eigenvalue weighted by Gasteiger charge is 2.00. The molecule has 1 rings (SSSR count). The molecule has 0 unspecified atom stereocenters. The first kappa shape index (κ1) is 15.1. The van der Waals surface area contributed by atoms with Crippen LogP contribution >= 0.6 is 12.6 Å². The van der Waals surface area contributed by atoms with E-state index in [-0.39, 0.29) is 5.91 Å². The lowest BCUT2D eigenvalue weighted by Crippen LogP contribution is -2.25. The number of benzene rings is 1. The average Bonchev–Trinajstić information content (AvgIpc) is 2.31. The molecule has 0 atom stereocenters. The summed E-state index contributed by atoms with van der Waals surface area (Å²) in [7, 11) is 0. The van der Waals surface area contributed by atoms with E-state index in [1.807, 2.05) is 0 Å². The Morgan fingerprint density at radius 1 is 1.22 bits per heavy atom. The molecule has 2 nitrogen and oxygen atoms in total. The van der Waals surface area contributed by atoms with Gasteiger partial charge in [0, 0.05) is 13.0 Å². The standard InChI is InChI=1S/C15H23NOS/c1-12(2)11-14-5-3-13(4-6-14)7-9-16-15(17)8-10-18/h3-6,12,18H,7-11H2,1-2H3,(H,16,17). The summed E-state index contributed by atoms with van der Waals surface area (Å²) in [6.45, 7) is 5.16. The molecular weight excluding hydrogens is 242 g/mol. The zero-order valence-corrected chi connectivity index (χ0v) is 12.2. The average molecular weight is 265 g/mol. The number of rotatable bonds is 7. The Morgan fingerprint density at radius 2 is 1.83 bits per heavy atom. The van der Waals surface area contributed by atoms with Crippen molar-refractivity contribution >= 4 is 18.5 Å². The monoisotopic (exact) mass is 265 g/mol. The van der Waals surface area contributed by atoms with Crippen molar-refractivity contribution in [3.8, 4) is 0 Å². The van der Waals surface area contributed by atoms with E-state index in [1.165, 1.54) is 11.1 Å². The Morgan fingerprint density at radius 3 is 2.39 bits per heavy atom.